The van der Waals surface area contributed by atoms with E-state index in [1.165, 1.54) is 0 Å². The number of nitrogen functional groups attached to an aromatic ring is 1. The van der Waals surface area contributed by atoms with Crippen LogP contribution in [0.5, 0.6) is 0 Å². The van der Waals surface area contributed by atoms with Crippen LogP contribution in [-0.4, -0.2) is 21.0 Å². The highest BCUT2D eigenvalue weighted by Crippen LogP contribution is 2.20. The Balaban J connectivity index is 3.37. The Hall–Kier alpha value is -1.17. The molecule has 5 nitrogen and oxygen atoms in total. The minimum absolute atomic E-state index is 0.111. The summed E-state index contributed by atoms with van der Waals surface area (Å²) in [5.41, 5.74) is 5.29. The van der Waals surface area contributed by atoms with Crippen LogP contribution in [0.15, 0.2) is 4.47 Å². The Morgan fingerprint density at radius 3 is 2.67 bits per heavy atom. The van der Waals surface area contributed by atoms with E-state index >= 15 is 0 Å². The molecule has 0 aliphatic heterocycles. The SMILES string of the molecule is Cc1nc(N)c(Br)c(C(=O)O)n1. The van der Waals surface area contributed by atoms with Gasteiger partial charge in [0.05, 0.1) is 4.47 Å². The number of hydrogen-bond acceptors (Lipinski definition) is 4. The average molecular weight is 232 g/mol. The van der Waals surface area contributed by atoms with Crippen LogP contribution in [-0.2, 0) is 0 Å². The second kappa shape index (κ2) is 3.06. The Labute approximate surface area is 76.8 Å². The monoisotopic (exact) mass is 231 g/mol. The van der Waals surface area contributed by atoms with Gasteiger partial charge >= 0.3 is 5.97 Å². The summed E-state index contributed by atoms with van der Waals surface area (Å²) in [7, 11) is 0. The number of aryl methyl sites for hydroxylation is 1. The van der Waals surface area contributed by atoms with Gasteiger partial charge in [0.15, 0.2) is 5.69 Å². The van der Waals surface area contributed by atoms with E-state index in [-0.39, 0.29) is 16.0 Å². The van der Waals surface area contributed by atoms with Gasteiger partial charge in [0.25, 0.3) is 0 Å². The van der Waals surface area contributed by atoms with Crippen LogP contribution in [0.3, 0.4) is 0 Å². The fourth-order valence-corrected chi connectivity index (χ4v) is 1.07. The van der Waals surface area contributed by atoms with Gasteiger partial charge in [-0.1, -0.05) is 0 Å². The van der Waals surface area contributed by atoms with Crippen molar-refractivity contribution in [3.05, 3.63) is 16.0 Å². The average Bonchev–Trinajstić information content (AvgIpc) is 1.96. The molecule has 0 amide bonds. The van der Waals surface area contributed by atoms with Gasteiger partial charge in [0.2, 0.25) is 0 Å². The summed E-state index contributed by atoms with van der Waals surface area (Å²) in [6, 6.07) is 0. The molecule has 1 heterocycles. The molecule has 6 heteroatoms. The molecule has 0 saturated heterocycles. The van der Waals surface area contributed by atoms with Gasteiger partial charge in [-0.15, -0.1) is 0 Å². The molecule has 0 bridgehead atoms. The number of carbonyl (C=O) groups is 1. The molecule has 1 aromatic heterocycles. The summed E-state index contributed by atoms with van der Waals surface area (Å²) in [6.07, 6.45) is 0. The van der Waals surface area contributed by atoms with Crippen LogP contribution in [0.2, 0.25) is 0 Å². The molecule has 0 aliphatic carbocycles. The quantitative estimate of drug-likeness (QED) is 0.748. The minimum Gasteiger partial charge on any atom is -0.476 e. The number of aromatic carboxylic acids is 1. The predicted octanol–water partition coefficient (Wildman–Crippen LogP) is 0.828. The van der Waals surface area contributed by atoms with E-state index in [9.17, 15) is 4.79 Å². The molecule has 0 aromatic carbocycles. The van der Waals surface area contributed by atoms with Crippen molar-refractivity contribution < 1.29 is 9.90 Å². The van der Waals surface area contributed by atoms with Crippen LogP contribution in [0.4, 0.5) is 5.82 Å². The number of halogens is 1. The number of nitrogens with zero attached hydrogens (tertiary/aromatic N) is 2. The summed E-state index contributed by atoms with van der Waals surface area (Å²) in [4.78, 5) is 18.0. The number of carboxylic acids is 1. The van der Waals surface area contributed by atoms with E-state index in [0.29, 0.717) is 5.82 Å². The molecule has 0 radical (unpaired) electrons. The molecule has 1 aromatic rings. The fraction of sp³-hybridized carbons (Fsp3) is 0.167. The number of anilines is 1. The lowest BCUT2D eigenvalue weighted by molar-refractivity contribution is 0.0689. The first kappa shape index (κ1) is 8.92. The van der Waals surface area contributed by atoms with Crippen molar-refractivity contribution in [3.63, 3.8) is 0 Å². The lowest BCUT2D eigenvalue weighted by Gasteiger charge is -2.01. The van der Waals surface area contributed by atoms with Gasteiger partial charge in [-0.05, 0) is 22.9 Å². The van der Waals surface area contributed by atoms with E-state index in [1.54, 1.807) is 6.92 Å². The van der Waals surface area contributed by atoms with Crippen molar-refractivity contribution in [2.75, 3.05) is 5.73 Å². The number of aromatic nitrogens is 2. The maximum absolute atomic E-state index is 10.6. The Morgan fingerprint density at radius 1 is 1.58 bits per heavy atom. The lowest BCUT2D eigenvalue weighted by Crippen LogP contribution is -2.07. The lowest BCUT2D eigenvalue weighted by atomic mass is 10.4. The Morgan fingerprint density at radius 2 is 2.17 bits per heavy atom. The van der Waals surface area contributed by atoms with Crippen molar-refractivity contribution in [2.45, 2.75) is 6.92 Å². The summed E-state index contributed by atoms with van der Waals surface area (Å²) in [6.45, 7) is 1.58. The summed E-state index contributed by atoms with van der Waals surface area (Å²) in [5, 5.41) is 8.64. The van der Waals surface area contributed by atoms with E-state index in [1.807, 2.05) is 0 Å². The highest BCUT2D eigenvalue weighted by Gasteiger charge is 2.13. The van der Waals surface area contributed by atoms with Crippen LogP contribution in [0.25, 0.3) is 0 Å². The molecule has 0 atom stereocenters. The van der Waals surface area contributed by atoms with Crippen LogP contribution >= 0.6 is 15.9 Å². The van der Waals surface area contributed by atoms with Crippen LogP contribution < -0.4 is 5.73 Å². The van der Waals surface area contributed by atoms with Gasteiger partial charge in [-0.25, -0.2) is 14.8 Å². The molecule has 0 aliphatic rings. The maximum atomic E-state index is 10.6. The molecule has 0 spiro atoms. The molecule has 3 N–H and O–H groups in total. The molecule has 0 saturated carbocycles. The topological polar surface area (TPSA) is 89.1 Å². The first-order valence-corrected chi connectivity index (χ1v) is 3.84. The molecular weight excluding hydrogens is 226 g/mol. The number of nitrogens with two attached hydrogens (primary N) is 1. The number of rotatable bonds is 1. The molecule has 64 valence electrons. The van der Waals surface area contributed by atoms with Crippen molar-refractivity contribution in [3.8, 4) is 0 Å². The maximum Gasteiger partial charge on any atom is 0.355 e. The summed E-state index contributed by atoms with van der Waals surface area (Å²) < 4.78 is 0.223. The normalized spacial score (nSPS) is 9.83. The second-order valence-corrected chi connectivity index (χ2v) is 2.92. The first-order valence-electron chi connectivity index (χ1n) is 3.05. The van der Waals surface area contributed by atoms with Crippen molar-refractivity contribution >= 4 is 27.7 Å². The van der Waals surface area contributed by atoms with Gasteiger partial charge in [-0.3, -0.25) is 0 Å². The van der Waals surface area contributed by atoms with Gasteiger partial charge in [0, 0.05) is 0 Å². The molecule has 0 unspecified atom stereocenters. The highest BCUT2D eigenvalue weighted by atomic mass is 79.9. The molecule has 12 heavy (non-hydrogen) atoms. The van der Waals surface area contributed by atoms with Crippen molar-refractivity contribution in [2.24, 2.45) is 0 Å². The third-order valence-corrected chi connectivity index (χ3v) is 1.97. The zero-order chi connectivity index (χ0) is 9.30. The fourth-order valence-electron chi connectivity index (χ4n) is 0.722. The van der Waals surface area contributed by atoms with Crippen LogP contribution in [0.1, 0.15) is 16.3 Å². The first-order chi connectivity index (χ1) is 5.52. The zero-order valence-electron chi connectivity index (χ0n) is 6.21. The van der Waals surface area contributed by atoms with E-state index in [0.717, 1.165) is 0 Å². The highest BCUT2D eigenvalue weighted by molar-refractivity contribution is 9.10. The molecular formula is C6H6BrN3O2. The van der Waals surface area contributed by atoms with E-state index in [2.05, 4.69) is 25.9 Å². The van der Waals surface area contributed by atoms with Crippen molar-refractivity contribution in [1.82, 2.24) is 9.97 Å². The third kappa shape index (κ3) is 1.53. The van der Waals surface area contributed by atoms with Gasteiger partial charge < -0.3 is 10.8 Å². The van der Waals surface area contributed by atoms with E-state index < -0.39 is 5.97 Å². The summed E-state index contributed by atoms with van der Waals surface area (Å²) >= 11 is 2.98. The Bertz CT molecular complexity index is 340. The Kier molecular flexibility index (Phi) is 2.27. The van der Waals surface area contributed by atoms with Crippen molar-refractivity contribution in [1.29, 1.82) is 0 Å². The minimum atomic E-state index is -1.13. The standard InChI is InChI=1S/C6H6BrN3O2/c1-2-9-4(6(11)12)3(7)5(8)10-2/h1H3,(H,11,12)(H2,8,9,10). The smallest absolute Gasteiger partial charge is 0.355 e. The second-order valence-electron chi connectivity index (χ2n) is 2.12. The predicted molar refractivity (Wildman–Crippen MR) is 45.8 cm³/mol. The largest absolute Gasteiger partial charge is 0.476 e. The zero-order valence-corrected chi connectivity index (χ0v) is 7.79. The van der Waals surface area contributed by atoms with Gasteiger partial charge in [-0.2, -0.15) is 0 Å². The van der Waals surface area contributed by atoms with Crippen LogP contribution in [0, 0.1) is 6.92 Å². The summed E-state index contributed by atoms with van der Waals surface area (Å²) in [5.74, 6) is -0.646. The number of carboxylic acid groups (broad SMARTS) is 1. The van der Waals surface area contributed by atoms with Gasteiger partial charge in [0.1, 0.15) is 11.6 Å². The third-order valence-electron chi connectivity index (χ3n) is 1.19. The molecule has 0 fully saturated rings. The number of hydrogen-bond donors (Lipinski definition) is 2. The molecule has 1 rings (SSSR count). The van der Waals surface area contributed by atoms with E-state index in [4.69, 9.17) is 10.8 Å².